The van der Waals surface area contributed by atoms with E-state index >= 15 is 0 Å². The van der Waals surface area contributed by atoms with Gasteiger partial charge in [0.05, 0.1) is 4.92 Å². The van der Waals surface area contributed by atoms with Gasteiger partial charge in [-0.25, -0.2) is 8.42 Å². The van der Waals surface area contributed by atoms with E-state index in [0.717, 1.165) is 22.7 Å². The van der Waals surface area contributed by atoms with Crippen molar-refractivity contribution < 1.29 is 17.7 Å². The van der Waals surface area contributed by atoms with E-state index in [-0.39, 0.29) is 5.69 Å². The second kappa shape index (κ2) is 5.78. The number of hydrogen-bond acceptors (Lipinski definition) is 4. The number of nitro benzene ring substituents is 1. The molecule has 0 atom stereocenters. The minimum atomic E-state index is -4.27. The number of sulfonamides is 1. The lowest BCUT2D eigenvalue weighted by atomic mass is 10.3. The Kier molecular flexibility index (Phi) is 4.24. The van der Waals surface area contributed by atoms with Crippen LogP contribution in [0.5, 0.6) is 0 Å². The summed E-state index contributed by atoms with van der Waals surface area (Å²) < 4.78 is 40.7. The van der Waals surface area contributed by atoms with E-state index in [9.17, 15) is 22.9 Å². The molecule has 0 radical (unpaired) electrons. The highest BCUT2D eigenvalue weighted by molar-refractivity contribution is 9.10. The number of para-hydroxylation sites is 1. The Balaban J connectivity index is 2.47. The van der Waals surface area contributed by atoms with Crippen LogP contribution in [-0.4, -0.2) is 13.3 Å². The van der Waals surface area contributed by atoms with Crippen molar-refractivity contribution in [1.82, 2.24) is 0 Å². The summed E-state index contributed by atoms with van der Waals surface area (Å²) in [7, 11) is -4.27. The molecule has 2 aromatic carbocycles. The number of nitro groups is 1. The Labute approximate surface area is 127 Å². The van der Waals surface area contributed by atoms with Crippen LogP contribution < -0.4 is 4.72 Å². The van der Waals surface area contributed by atoms with Gasteiger partial charge in [-0.2, -0.15) is 4.39 Å². The Morgan fingerprint density at radius 3 is 2.33 bits per heavy atom. The highest BCUT2D eigenvalue weighted by Gasteiger charge is 2.29. The van der Waals surface area contributed by atoms with E-state index in [1.165, 1.54) is 12.1 Å². The molecule has 2 rings (SSSR count). The van der Waals surface area contributed by atoms with Crippen LogP contribution in [0.25, 0.3) is 0 Å². The largest absolute Gasteiger partial charge is 0.325 e. The Morgan fingerprint density at radius 2 is 1.76 bits per heavy atom. The second-order valence-electron chi connectivity index (χ2n) is 3.96. The van der Waals surface area contributed by atoms with Crippen molar-refractivity contribution in [2.45, 2.75) is 4.90 Å². The number of hydrogen-bond donors (Lipinski definition) is 1. The lowest BCUT2D eigenvalue weighted by Crippen LogP contribution is -2.15. The molecule has 110 valence electrons. The third-order valence-corrected chi connectivity index (χ3v) is 4.46. The molecule has 6 nitrogen and oxygen atoms in total. The van der Waals surface area contributed by atoms with Crippen LogP contribution >= 0.6 is 15.9 Å². The molecule has 0 aliphatic rings. The van der Waals surface area contributed by atoms with Gasteiger partial charge in [-0.15, -0.1) is 0 Å². The molecular formula is C12H8BrFN2O4S. The zero-order chi connectivity index (χ0) is 15.6. The van der Waals surface area contributed by atoms with Crippen molar-refractivity contribution >= 4 is 37.3 Å². The molecule has 0 spiro atoms. The van der Waals surface area contributed by atoms with Crippen LogP contribution in [0, 0.1) is 15.9 Å². The van der Waals surface area contributed by atoms with Gasteiger partial charge in [0.15, 0.2) is 4.90 Å². The summed E-state index contributed by atoms with van der Waals surface area (Å²) in [5.74, 6) is -1.21. The number of anilines is 1. The predicted molar refractivity (Wildman–Crippen MR) is 78.0 cm³/mol. The standard InChI is InChI=1S/C12H8BrFN2O4S/c13-8-4-6-9(7-5-8)15-21(19,20)11-3-1-2-10(14)12(11)16(17)18/h1-7,15H. The number of halogens is 2. The van der Waals surface area contributed by atoms with Crippen molar-refractivity contribution in [2.75, 3.05) is 4.72 Å². The minimum absolute atomic E-state index is 0.205. The monoisotopic (exact) mass is 374 g/mol. The fourth-order valence-corrected chi connectivity index (χ4v) is 3.12. The highest BCUT2D eigenvalue weighted by atomic mass is 79.9. The zero-order valence-electron chi connectivity index (χ0n) is 10.3. The third-order valence-electron chi connectivity index (χ3n) is 2.52. The first-order valence-electron chi connectivity index (χ1n) is 5.52. The molecule has 0 unspecified atom stereocenters. The Morgan fingerprint density at radius 1 is 1.14 bits per heavy atom. The van der Waals surface area contributed by atoms with Gasteiger partial charge in [0.1, 0.15) is 0 Å². The summed E-state index contributed by atoms with van der Waals surface area (Å²) in [5, 5.41) is 10.9. The molecule has 21 heavy (non-hydrogen) atoms. The number of nitrogens with zero attached hydrogens (tertiary/aromatic N) is 1. The lowest BCUT2D eigenvalue weighted by Gasteiger charge is -2.08. The normalized spacial score (nSPS) is 11.1. The van der Waals surface area contributed by atoms with Crippen LogP contribution in [0.3, 0.4) is 0 Å². The Bertz CT molecular complexity index is 793. The minimum Gasteiger partial charge on any atom is -0.279 e. The first-order valence-corrected chi connectivity index (χ1v) is 7.80. The van der Waals surface area contributed by atoms with Crippen LogP contribution in [0.4, 0.5) is 15.8 Å². The van der Waals surface area contributed by atoms with E-state index in [1.54, 1.807) is 12.1 Å². The molecule has 0 amide bonds. The van der Waals surface area contributed by atoms with Crippen molar-refractivity contribution in [3.8, 4) is 0 Å². The van der Waals surface area contributed by atoms with Crippen molar-refractivity contribution in [3.05, 3.63) is 62.9 Å². The molecule has 2 aromatic rings. The first-order chi connectivity index (χ1) is 9.81. The van der Waals surface area contributed by atoms with Crippen LogP contribution in [0.15, 0.2) is 51.8 Å². The number of rotatable bonds is 4. The summed E-state index contributed by atoms with van der Waals surface area (Å²) in [6, 6.07) is 9.02. The average Bonchev–Trinajstić information content (AvgIpc) is 2.40. The first kappa shape index (κ1) is 15.4. The highest BCUT2D eigenvalue weighted by Crippen LogP contribution is 2.28. The summed E-state index contributed by atoms with van der Waals surface area (Å²) in [4.78, 5) is 9.06. The summed E-state index contributed by atoms with van der Waals surface area (Å²) >= 11 is 3.19. The molecular weight excluding hydrogens is 367 g/mol. The van der Waals surface area contributed by atoms with Gasteiger partial charge in [-0.05, 0) is 36.4 Å². The SMILES string of the molecule is O=[N+]([O-])c1c(F)cccc1S(=O)(=O)Nc1ccc(Br)cc1. The average molecular weight is 375 g/mol. The zero-order valence-corrected chi connectivity index (χ0v) is 12.7. The van der Waals surface area contributed by atoms with E-state index in [4.69, 9.17) is 0 Å². The summed E-state index contributed by atoms with van der Waals surface area (Å²) in [6.45, 7) is 0. The van der Waals surface area contributed by atoms with Gasteiger partial charge >= 0.3 is 5.69 Å². The maximum absolute atomic E-state index is 13.5. The molecule has 0 aromatic heterocycles. The molecule has 1 N–H and O–H groups in total. The topological polar surface area (TPSA) is 89.3 Å². The van der Waals surface area contributed by atoms with Crippen molar-refractivity contribution in [2.24, 2.45) is 0 Å². The smallest absolute Gasteiger partial charge is 0.279 e. The van der Waals surface area contributed by atoms with Gasteiger partial charge in [0, 0.05) is 10.2 Å². The van der Waals surface area contributed by atoms with E-state index in [2.05, 4.69) is 20.7 Å². The fourth-order valence-electron chi connectivity index (χ4n) is 1.62. The van der Waals surface area contributed by atoms with Gasteiger partial charge in [-0.1, -0.05) is 22.0 Å². The maximum Gasteiger partial charge on any atom is 0.325 e. The fraction of sp³-hybridized carbons (Fsp3) is 0. The van der Waals surface area contributed by atoms with E-state index < -0.39 is 31.3 Å². The Hall–Kier alpha value is -2.00. The van der Waals surface area contributed by atoms with Crippen LogP contribution in [0.1, 0.15) is 0 Å². The molecule has 0 saturated heterocycles. The van der Waals surface area contributed by atoms with Crippen molar-refractivity contribution in [3.63, 3.8) is 0 Å². The molecule has 0 saturated carbocycles. The van der Waals surface area contributed by atoms with Crippen LogP contribution in [-0.2, 0) is 10.0 Å². The number of nitrogens with one attached hydrogen (secondary N) is 1. The molecule has 0 fully saturated rings. The molecule has 0 aliphatic carbocycles. The lowest BCUT2D eigenvalue weighted by molar-refractivity contribution is -0.390. The summed E-state index contributed by atoms with van der Waals surface area (Å²) in [6.07, 6.45) is 0. The van der Waals surface area contributed by atoms with Gasteiger partial charge < -0.3 is 0 Å². The van der Waals surface area contributed by atoms with Crippen molar-refractivity contribution in [1.29, 1.82) is 0 Å². The molecule has 0 heterocycles. The summed E-state index contributed by atoms with van der Waals surface area (Å²) in [5.41, 5.74) is -0.876. The quantitative estimate of drug-likeness (QED) is 0.656. The van der Waals surface area contributed by atoms with Crippen LogP contribution in [0.2, 0.25) is 0 Å². The second-order valence-corrected chi connectivity index (χ2v) is 6.52. The van der Waals surface area contributed by atoms with Gasteiger partial charge in [0.25, 0.3) is 10.0 Å². The van der Waals surface area contributed by atoms with E-state index in [1.807, 2.05) is 0 Å². The number of benzene rings is 2. The predicted octanol–water partition coefficient (Wildman–Crippen LogP) is 3.30. The molecule has 0 aliphatic heterocycles. The van der Waals surface area contributed by atoms with E-state index in [0.29, 0.717) is 0 Å². The van der Waals surface area contributed by atoms with Gasteiger partial charge in [0.2, 0.25) is 5.82 Å². The maximum atomic E-state index is 13.5. The molecule has 0 bridgehead atoms. The third kappa shape index (κ3) is 3.37. The molecule has 9 heteroatoms. The van der Waals surface area contributed by atoms with Gasteiger partial charge in [-0.3, -0.25) is 14.8 Å².